The topological polar surface area (TPSA) is 41.6 Å². The van der Waals surface area contributed by atoms with Crippen molar-refractivity contribution < 1.29 is 9.53 Å². The maximum absolute atomic E-state index is 13.5. The fourth-order valence-electron chi connectivity index (χ4n) is 5.58. The largest absolute Gasteiger partial charge is 0.457 e. The minimum Gasteiger partial charge on any atom is -0.457 e. The van der Waals surface area contributed by atoms with Crippen LogP contribution in [0.25, 0.3) is 0 Å². The second-order valence-electron chi connectivity index (χ2n) is 9.84. The molecule has 4 heteroatoms. The first-order valence-electron chi connectivity index (χ1n) is 12.8. The van der Waals surface area contributed by atoms with Crippen LogP contribution in [0.5, 0.6) is 11.5 Å². The number of likely N-dealkylation sites (tertiary alicyclic amines) is 1. The molecule has 2 aromatic rings. The summed E-state index contributed by atoms with van der Waals surface area (Å²) in [7, 11) is 0. The van der Waals surface area contributed by atoms with E-state index in [1.165, 1.54) is 44.9 Å². The second kappa shape index (κ2) is 10.6. The Labute approximate surface area is 198 Å². The first kappa shape index (κ1) is 22.2. The zero-order valence-electron chi connectivity index (χ0n) is 19.6. The highest BCUT2D eigenvalue weighted by Gasteiger charge is 2.33. The molecule has 0 radical (unpaired) electrons. The predicted molar refractivity (Wildman–Crippen MR) is 133 cm³/mol. The van der Waals surface area contributed by atoms with Crippen LogP contribution in [0, 0.1) is 0 Å². The lowest BCUT2D eigenvalue weighted by Gasteiger charge is -2.34. The fraction of sp³-hybridized carbons (Fsp3) is 0.483. The summed E-state index contributed by atoms with van der Waals surface area (Å²) in [5, 5.41) is 3.39. The van der Waals surface area contributed by atoms with E-state index in [0.29, 0.717) is 0 Å². The van der Waals surface area contributed by atoms with Crippen molar-refractivity contribution >= 4 is 5.91 Å². The minimum absolute atomic E-state index is 0.0932. The molecule has 0 unspecified atom stereocenters. The van der Waals surface area contributed by atoms with E-state index in [1.54, 1.807) is 5.57 Å². The number of allylic oxidation sites excluding steroid dienone is 1. The van der Waals surface area contributed by atoms with Gasteiger partial charge in [-0.1, -0.05) is 67.3 Å². The monoisotopic (exact) mass is 444 g/mol. The lowest BCUT2D eigenvalue weighted by molar-refractivity contribution is -0.122. The van der Waals surface area contributed by atoms with Crippen LogP contribution in [-0.2, 0) is 4.79 Å². The normalized spacial score (nSPS) is 20.3. The highest BCUT2D eigenvalue weighted by Crippen LogP contribution is 2.44. The summed E-state index contributed by atoms with van der Waals surface area (Å²) in [5.41, 5.74) is 3.55. The number of piperidine rings is 1. The van der Waals surface area contributed by atoms with Gasteiger partial charge in [-0.05, 0) is 50.7 Å². The molecule has 1 fully saturated rings. The second-order valence-corrected chi connectivity index (χ2v) is 9.84. The highest BCUT2D eigenvalue weighted by molar-refractivity contribution is 5.89. The van der Waals surface area contributed by atoms with Gasteiger partial charge in [-0.15, -0.1) is 0 Å². The molecule has 0 spiro atoms. The van der Waals surface area contributed by atoms with Crippen molar-refractivity contribution in [3.63, 3.8) is 0 Å². The van der Waals surface area contributed by atoms with E-state index in [-0.39, 0.29) is 17.9 Å². The molecule has 0 saturated carbocycles. The molecule has 0 bridgehead atoms. The average Bonchev–Trinajstić information content (AvgIpc) is 2.97. The van der Waals surface area contributed by atoms with Crippen molar-refractivity contribution in [2.24, 2.45) is 0 Å². The first-order chi connectivity index (χ1) is 16.3. The first-order valence-corrected chi connectivity index (χ1v) is 12.8. The van der Waals surface area contributed by atoms with Gasteiger partial charge in [-0.3, -0.25) is 9.69 Å². The molecule has 3 aliphatic rings. The quantitative estimate of drug-likeness (QED) is 0.573. The maximum Gasteiger partial charge on any atom is 0.232 e. The summed E-state index contributed by atoms with van der Waals surface area (Å²) < 4.78 is 6.07. The molecule has 5 rings (SSSR count). The summed E-state index contributed by atoms with van der Waals surface area (Å²) in [5.74, 6) is 1.35. The summed E-state index contributed by atoms with van der Waals surface area (Å²) in [4.78, 5) is 16.1. The van der Waals surface area contributed by atoms with E-state index < -0.39 is 0 Å². The smallest absolute Gasteiger partial charge is 0.232 e. The van der Waals surface area contributed by atoms with Gasteiger partial charge in [0, 0.05) is 36.8 Å². The third-order valence-electron chi connectivity index (χ3n) is 7.44. The van der Waals surface area contributed by atoms with E-state index in [4.69, 9.17) is 4.74 Å². The van der Waals surface area contributed by atoms with Crippen molar-refractivity contribution in [3.05, 3.63) is 71.3 Å². The number of nitrogens with zero attached hydrogens (tertiary/aromatic N) is 1. The van der Waals surface area contributed by atoms with Crippen molar-refractivity contribution in [1.29, 1.82) is 0 Å². The van der Waals surface area contributed by atoms with Gasteiger partial charge in [-0.25, -0.2) is 0 Å². The number of amides is 1. The molecule has 1 N–H and O–H groups in total. The third kappa shape index (κ3) is 5.33. The minimum atomic E-state index is -0.312. The number of para-hydroxylation sites is 2. The number of hydrogen-bond donors (Lipinski definition) is 1. The van der Waals surface area contributed by atoms with E-state index in [9.17, 15) is 4.79 Å². The van der Waals surface area contributed by atoms with Crippen LogP contribution in [0.3, 0.4) is 0 Å². The number of hydrogen-bond acceptors (Lipinski definition) is 3. The molecule has 2 aromatic carbocycles. The number of carbonyl (C=O) groups is 1. The van der Waals surface area contributed by atoms with Crippen LogP contribution >= 0.6 is 0 Å². The number of rotatable bonds is 4. The molecule has 0 aromatic heterocycles. The molecule has 0 atom stereocenters. The Morgan fingerprint density at radius 3 is 2.24 bits per heavy atom. The van der Waals surface area contributed by atoms with Gasteiger partial charge in [0.05, 0.1) is 5.92 Å². The van der Waals surface area contributed by atoms with Crippen LogP contribution in [0.15, 0.2) is 60.2 Å². The van der Waals surface area contributed by atoms with Gasteiger partial charge in [0.25, 0.3) is 0 Å². The lowest BCUT2D eigenvalue weighted by atomic mass is 9.87. The molecule has 33 heavy (non-hydrogen) atoms. The highest BCUT2D eigenvalue weighted by atomic mass is 16.5. The van der Waals surface area contributed by atoms with Crippen molar-refractivity contribution in [2.45, 2.75) is 69.7 Å². The Kier molecular flexibility index (Phi) is 7.11. The Morgan fingerprint density at radius 1 is 0.879 bits per heavy atom. The zero-order valence-corrected chi connectivity index (χ0v) is 19.6. The number of carbonyl (C=O) groups excluding carboxylic acids is 1. The van der Waals surface area contributed by atoms with Crippen molar-refractivity contribution in [1.82, 2.24) is 10.2 Å². The molecule has 4 nitrogen and oxygen atoms in total. The van der Waals surface area contributed by atoms with Crippen LogP contribution in [0.1, 0.15) is 74.8 Å². The van der Waals surface area contributed by atoms with Crippen molar-refractivity contribution in [3.8, 4) is 11.5 Å². The van der Waals surface area contributed by atoms with Crippen molar-refractivity contribution in [2.75, 3.05) is 19.6 Å². The van der Waals surface area contributed by atoms with Crippen LogP contribution < -0.4 is 10.1 Å². The van der Waals surface area contributed by atoms with Crippen LogP contribution in [-0.4, -0.2) is 36.5 Å². The Bertz CT molecular complexity index is 945. The molecule has 1 saturated heterocycles. The molecular formula is C29H36N2O2. The summed E-state index contributed by atoms with van der Waals surface area (Å²) in [6.07, 6.45) is 13.9. The van der Waals surface area contributed by atoms with Gasteiger partial charge < -0.3 is 10.1 Å². The molecule has 1 amide bonds. The summed E-state index contributed by atoms with van der Waals surface area (Å²) >= 11 is 0. The molecule has 2 heterocycles. The van der Waals surface area contributed by atoms with Crippen LogP contribution in [0.4, 0.5) is 0 Å². The molecular weight excluding hydrogens is 408 g/mol. The molecule has 2 aliphatic heterocycles. The third-order valence-corrected chi connectivity index (χ3v) is 7.44. The number of nitrogens with one attached hydrogen (secondary N) is 1. The van der Waals surface area contributed by atoms with E-state index >= 15 is 0 Å². The Balaban J connectivity index is 1.20. The fourth-order valence-corrected chi connectivity index (χ4v) is 5.58. The molecule has 174 valence electrons. The van der Waals surface area contributed by atoms with Gasteiger partial charge in [0.2, 0.25) is 5.91 Å². The number of ether oxygens (including phenoxy) is 1. The Hall–Kier alpha value is -2.59. The summed E-state index contributed by atoms with van der Waals surface area (Å²) in [6, 6.07) is 16.1. The van der Waals surface area contributed by atoms with E-state index in [2.05, 4.69) is 16.3 Å². The van der Waals surface area contributed by atoms with Gasteiger partial charge in [0.15, 0.2) is 0 Å². The van der Waals surface area contributed by atoms with Gasteiger partial charge in [0.1, 0.15) is 11.5 Å². The van der Waals surface area contributed by atoms with E-state index in [1.807, 2.05) is 48.5 Å². The SMILES string of the molecule is O=C(NC1CCN(CC2=CCCCCCCC2)CC1)C1c2ccccc2Oc2ccccc21. The molecule has 1 aliphatic carbocycles. The lowest BCUT2D eigenvalue weighted by Crippen LogP contribution is -2.46. The van der Waals surface area contributed by atoms with Crippen LogP contribution in [0.2, 0.25) is 0 Å². The predicted octanol–water partition coefficient (Wildman–Crippen LogP) is 6.18. The standard InChI is InChI=1S/C29H36N2O2/c32-29(28-24-13-7-9-15-26(24)33-27-16-10-8-14-25(27)28)30-23-17-19-31(20-18-23)21-22-11-5-3-1-2-4-6-12-22/h7-11,13-16,23,28H,1-6,12,17-21H2,(H,30,32). The number of benzene rings is 2. The summed E-state index contributed by atoms with van der Waals surface area (Å²) in [6.45, 7) is 3.23. The van der Waals surface area contributed by atoms with Gasteiger partial charge in [-0.2, -0.15) is 0 Å². The van der Waals surface area contributed by atoms with E-state index in [0.717, 1.165) is 55.1 Å². The average molecular weight is 445 g/mol. The number of fused-ring (bicyclic) bond motifs is 2. The van der Waals surface area contributed by atoms with Gasteiger partial charge >= 0.3 is 0 Å². The zero-order chi connectivity index (χ0) is 22.5. The Morgan fingerprint density at radius 2 is 1.52 bits per heavy atom. The maximum atomic E-state index is 13.5.